The number of amides is 1. The molecule has 1 fully saturated rings. The Hall–Kier alpha value is -3.24. The van der Waals surface area contributed by atoms with E-state index in [1.165, 1.54) is 0 Å². The predicted octanol–water partition coefficient (Wildman–Crippen LogP) is 0.936. The molecule has 1 saturated heterocycles. The van der Waals surface area contributed by atoms with Crippen molar-refractivity contribution in [1.29, 1.82) is 0 Å². The van der Waals surface area contributed by atoms with E-state index in [-0.39, 0.29) is 18.2 Å². The summed E-state index contributed by atoms with van der Waals surface area (Å²) in [6.45, 7) is 3.92. The molecule has 0 saturated carbocycles. The predicted molar refractivity (Wildman–Crippen MR) is 125 cm³/mol. The van der Waals surface area contributed by atoms with Gasteiger partial charge in [-0.15, -0.1) is 0 Å². The molecule has 2 aliphatic heterocycles. The molecule has 0 aromatic heterocycles. The fraction of sp³-hybridized carbons (Fsp3) is 0.538. The number of hydrogen-bond acceptors (Lipinski definition) is 8. The second-order valence-electron chi connectivity index (χ2n) is 10.5. The van der Waals surface area contributed by atoms with Crippen molar-refractivity contribution >= 4 is 24.1 Å². The van der Waals surface area contributed by atoms with Gasteiger partial charge >= 0.3 is 11.9 Å². The second kappa shape index (κ2) is 8.41. The van der Waals surface area contributed by atoms with Crippen molar-refractivity contribution in [3.8, 4) is 5.75 Å². The van der Waals surface area contributed by atoms with E-state index in [2.05, 4.69) is 10.2 Å². The highest BCUT2D eigenvalue weighted by molar-refractivity contribution is 5.88. The Morgan fingerprint density at radius 3 is 2.75 bits per heavy atom. The molecule has 1 amide bonds. The molecular formula is C26H30N2O8. The number of aliphatic carboxylic acids is 1. The largest absolute Gasteiger partial charge is 0.480 e. The summed E-state index contributed by atoms with van der Waals surface area (Å²) in [5.74, 6) is -2.52. The first-order valence-corrected chi connectivity index (χ1v) is 12.2. The van der Waals surface area contributed by atoms with Crippen LogP contribution in [0, 0.1) is 5.92 Å². The number of aldehydes is 1. The van der Waals surface area contributed by atoms with Crippen molar-refractivity contribution in [1.82, 2.24) is 10.2 Å². The fourth-order valence-electron chi connectivity index (χ4n) is 6.44. The van der Waals surface area contributed by atoms with Crippen LogP contribution in [0.4, 0.5) is 0 Å². The van der Waals surface area contributed by atoms with E-state index in [1.807, 2.05) is 13.1 Å². The number of nitrogens with zero attached hydrogens (tertiary/aromatic N) is 1. The average molecular weight is 499 g/mol. The number of carbonyl (C=O) groups is 4. The topological polar surface area (TPSA) is 142 Å². The van der Waals surface area contributed by atoms with E-state index in [0.29, 0.717) is 37.0 Å². The van der Waals surface area contributed by atoms with Crippen LogP contribution >= 0.6 is 0 Å². The van der Waals surface area contributed by atoms with Crippen molar-refractivity contribution in [3.63, 3.8) is 0 Å². The summed E-state index contributed by atoms with van der Waals surface area (Å²) < 4.78 is 12.0. The van der Waals surface area contributed by atoms with E-state index in [0.717, 1.165) is 11.1 Å². The summed E-state index contributed by atoms with van der Waals surface area (Å²) in [4.78, 5) is 50.5. The monoisotopic (exact) mass is 498 g/mol. The van der Waals surface area contributed by atoms with Gasteiger partial charge in [0, 0.05) is 23.9 Å². The van der Waals surface area contributed by atoms with Crippen LogP contribution in [0.2, 0.25) is 0 Å². The van der Waals surface area contributed by atoms with Gasteiger partial charge in [0.05, 0.1) is 23.0 Å². The molecule has 2 bridgehead atoms. The van der Waals surface area contributed by atoms with Crippen LogP contribution in [0.1, 0.15) is 54.6 Å². The lowest BCUT2D eigenvalue weighted by Crippen LogP contribution is -2.74. The maximum atomic E-state index is 12.9. The van der Waals surface area contributed by atoms with E-state index < -0.39 is 53.3 Å². The van der Waals surface area contributed by atoms with Gasteiger partial charge in [-0.05, 0) is 44.1 Å². The lowest BCUT2D eigenvalue weighted by Gasteiger charge is -2.61. The first-order valence-electron chi connectivity index (χ1n) is 12.2. The Labute approximate surface area is 208 Å². The third-order valence-electron chi connectivity index (χ3n) is 8.27. The molecule has 0 radical (unpaired) electrons. The van der Waals surface area contributed by atoms with Crippen LogP contribution in [-0.4, -0.2) is 76.6 Å². The number of ether oxygens (including phenoxy) is 2. The summed E-state index contributed by atoms with van der Waals surface area (Å²) in [6, 6.07) is 1.98. The highest BCUT2D eigenvalue weighted by Crippen LogP contribution is 2.64. The van der Waals surface area contributed by atoms with Crippen LogP contribution in [0.5, 0.6) is 5.75 Å². The van der Waals surface area contributed by atoms with Gasteiger partial charge in [-0.3, -0.25) is 14.4 Å². The highest BCUT2D eigenvalue weighted by Gasteiger charge is 2.71. The van der Waals surface area contributed by atoms with Crippen LogP contribution in [0.15, 0.2) is 24.0 Å². The summed E-state index contributed by atoms with van der Waals surface area (Å²) in [7, 11) is 1.97. The van der Waals surface area contributed by atoms with E-state index in [1.54, 1.807) is 26.0 Å². The average Bonchev–Trinajstić information content (AvgIpc) is 3.18. The van der Waals surface area contributed by atoms with Gasteiger partial charge in [-0.1, -0.05) is 19.9 Å². The number of carboxylic acids is 1. The summed E-state index contributed by atoms with van der Waals surface area (Å²) >= 11 is 0. The number of carbonyl (C=O) groups excluding carboxylic acids is 3. The van der Waals surface area contributed by atoms with Crippen LogP contribution in [0.25, 0.3) is 0 Å². The highest BCUT2D eigenvalue weighted by atomic mass is 16.6. The third-order valence-corrected chi connectivity index (χ3v) is 8.27. The Bertz CT molecular complexity index is 1190. The minimum atomic E-state index is -1.44. The van der Waals surface area contributed by atoms with Crippen LogP contribution < -0.4 is 10.1 Å². The maximum Gasteiger partial charge on any atom is 0.326 e. The zero-order chi connectivity index (χ0) is 26.0. The number of likely N-dealkylation sites (tertiary alicyclic amines) is 1. The Morgan fingerprint density at radius 2 is 2.08 bits per heavy atom. The number of carboxylic acid groups (broad SMARTS) is 1. The molecule has 10 heteroatoms. The van der Waals surface area contributed by atoms with Gasteiger partial charge in [-0.2, -0.15) is 0 Å². The number of likely N-dealkylation sites (N-methyl/N-ethyl adjacent to an activating group) is 1. The minimum Gasteiger partial charge on any atom is -0.480 e. The van der Waals surface area contributed by atoms with Crippen LogP contribution in [-0.2, 0) is 31.0 Å². The van der Waals surface area contributed by atoms with Crippen molar-refractivity contribution in [2.75, 3.05) is 13.6 Å². The Morgan fingerprint density at radius 1 is 1.33 bits per heavy atom. The minimum absolute atomic E-state index is 0.186. The number of rotatable bonds is 7. The zero-order valence-corrected chi connectivity index (χ0v) is 20.4. The van der Waals surface area contributed by atoms with Gasteiger partial charge in [0.15, 0.2) is 12.4 Å². The van der Waals surface area contributed by atoms with Crippen molar-refractivity contribution < 1.29 is 38.9 Å². The molecule has 3 N–H and O–H groups in total. The molecule has 5 rings (SSSR count). The molecule has 2 heterocycles. The lowest BCUT2D eigenvalue weighted by atomic mass is 9.50. The summed E-state index contributed by atoms with van der Waals surface area (Å²) in [5, 5.41) is 24.0. The number of piperidine rings is 1. The smallest absolute Gasteiger partial charge is 0.326 e. The van der Waals surface area contributed by atoms with E-state index in [9.17, 15) is 29.4 Å². The number of esters is 1. The molecule has 192 valence electrons. The van der Waals surface area contributed by atoms with Crippen molar-refractivity contribution in [2.24, 2.45) is 5.92 Å². The van der Waals surface area contributed by atoms with E-state index >= 15 is 0 Å². The molecule has 1 spiro atoms. The fourth-order valence-corrected chi connectivity index (χ4v) is 6.44. The third kappa shape index (κ3) is 3.31. The number of aliphatic hydroxyl groups is 1. The normalized spacial score (nSPS) is 30.5. The molecule has 2 aliphatic carbocycles. The molecular weight excluding hydrogens is 468 g/mol. The van der Waals surface area contributed by atoms with Gasteiger partial charge in [0.2, 0.25) is 5.91 Å². The maximum absolute atomic E-state index is 12.9. The van der Waals surface area contributed by atoms with Gasteiger partial charge in [0.1, 0.15) is 17.6 Å². The molecule has 4 aliphatic rings. The summed E-state index contributed by atoms with van der Waals surface area (Å²) in [5.41, 5.74) is 0.0571. The summed E-state index contributed by atoms with van der Waals surface area (Å²) in [6.07, 6.45) is 2.27. The zero-order valence-electron chi connectivity index (χ0n) is 20.4. The number of benzene rings is 1. The van der Waals surface area contributed by atoms with Gasteiger partial charge < -0.3 is 29.9 Å². The van der Waals surface area contributed by atoms with Crippen LogP contribution in [0.3, 0.4) is 0 Å². The SMILES string of the molecule is CC(C)C(=O)N[C@@H](CC(=O)OC1=CC[C@@]2(O)[C@H]3Cc4ccc(C=O)c5c4[C@@]2(CCN3C)[C@H]1O5)C(=O)O. The molecule has 5 atom stereocenters. The molecule has 0 unspecified atom stereocenters. The number of hydrogen-bond donors (Lipinski definition) is 3. The first kappa shape index (κ1) is 24.5. The Balaban J connectivity index is 1.48. The Kier molecular flexibility index (Phi) is 5.72. The van der Waals surface area contributed by atoms with Crippen molar-refractivity contribution in [2.45, 2.75) is 68.7 Å². The second-order valence-corrected chi connectivity index (χ2v) is 10.5. The standard InChI is InChI=1S/C26H30N2O8/c1-13(2)23(31)27-16(24(32)33)11-19(30)35-17-6-7-26(34)18-10-14-4-5-15(12-29)21-20(14)25(26,22(17)36-21)8-9-28(18)3/h4-6,12-13,16,18,22,34H,7-11H2,1-3H3,(H,27,31)(H,32,33)/t16-,18+,22-,25-,26+/m0/s1. The quantitative estimate of drug-likeness (QED) is 0.370. The molecule has 10 nitrogen and oxygen atoms in total. The lowest BCUT2D eigenvalue weighted by molar-refractivity contribution is -0.169. The first-order chi connectivity index (χ1) is 17.0. The van der Waals surface area contributed by atoms with Gasteiger partial charge in [0.25, 0.3) is 0 Å². The van der Waals surface area contributed by atoms with Crippen molar-refractivity contribution in [3.05, 3.63) is 40.7 Å². The molecule has 1 aromatic carbocycles. The van der Waals surface area contributed by atoms with Gasteiger partial charge in [-0.25, -0.2) is 4.79 Å². The number of nitrogens with one attached hydrogen (secondary N) is 1. The molecule has 36 heavy (non-hydrogen) atoms. The van der Waals surface area contributed by atoms with E-state index in [4.69, 9.17) is 9.47 Å². The molecule has 1 aromatic rings.